The number of alkyl halides is 3. The molecule has 1 aliphatic carbocycles. The zero-order chi connectivity index (χ0) is 27.6. The van der Waals surface area contributed by atoms with Crippen LogP contribution in [0.4, 0.5) is 24.8 Å². The number of rotatable bonds is 9. The summed E-state index contributed by atoms with van der Waals surface area (Å²) in [6.07, 6.45) is -0.573. The Bertz CT molecular complexity index is 1320. The molecule has 1 aromatic carbocycles. The summed E-state index contributed by atoms with van der Waals surface area (Å²) in [5.74, 6) is -0.351. The fourth-order valence-electron chi connectivity index (χ4n) is 5.14. The van der Waals surface area contributed by atoms with Crippen LogP contribution in [0.3, 0.4) is 0 Å². The van der Waals surface area contributed by atoms with Crippen LogP contribution in [-0.4, -0.2) is 52.1 Å². The number of nitrogens with zero attached hydrogens (tertiary/aromatic N) is 4. The number of ether oxygens (including phenoxy) is 1. The van der Waals surface area contributed by atoms with Crippen molar-refractivity contribution in [2.45, 2.75) is 50.2 Å². The van der Waals surface area contributed by atoms with Crippen molar-refractivity contribution in [2.75, 3.05) is 31.6 Å². The van der Waals surface area contributed by atoms with E-state index in [2.05, 4.69) is 32.1 Å². The maximum atomic E-state index is 13.8. The maximum absolute atomic E-state index is 13.8. The molecular weight excluding hydrogens is 509 g/mol. The number of hydrogen-bond acceptors (Lipinski definition) is 7. The fraction of sp³-hybridized carbons (Fsp3) is 0.429. The number of halogens is 3. The van der Waals surface area contributed by atoms with Crippen molar-refractivity contribution in [3.05, 3.63) is 76.9 Å². The van der Waals surface area contributed by atoms with Crippen molar-refractivity contribution in [2.24, 2.45) is 5.73 Å². The Morgan fingerprint density at radius 2 is 1.85 bits per heavy atom. The van der Waals surface area contributed by atoms with E-state index in [-0.39, 0.29) is 30.5 Å². The molecule has 1 saturated heterocycles. The molecule has 206 valence electrons. The lowest BCUT2D eigenvalue weighted by atomic mass is 9.88. The molecule has 11 heteroatoms. The van der Waals surface area contributed by atoms with Crippen LogP contribution in [0.2, 0.25) is 0 Å². The summed E-state index contributed by atoms with van der Waals surface area (Å²) >= 11 is 0. The van der Waals surface area contributed by atoms with Crippen LogP contribution in [0, 0.1) is 0 Å². The number of benzene rings is 1. The fourth-order valence-corrected chi connectivity index (χ4v) is 5.14. The molecule has 39 heavy (non-hydrogen) atoms. The van der Waals surface area contributed by atoms with Gasteiger partial charge in [0.2, 0.25) is 11.9 Å². The Balaban J connectivity index is 1.33. The van der Waals surface area contributed by atoms with Gasteiger partial charge in [0.1, 0.15) is 0 Å². The van der Waals surface area contributed by atoms with Crippen molar-refractivity contribution in [3.8, 4) is 0 Å². The average molecular weight is 541 g/mol. The molecule has 8 nitrogen and oxygen atoms in total. The lowest BCUT2D eigenvalue weighted by Gasteiger charge is -2.31. The second-order valence-electron chi connectivity index (χ2n) is 10.1. The molecular formula is C28H31F3N6O2. The number of carbonyl (C=O) groups excluding carboxylic acids is 1. The average Bonchev–Trinajstić information content (AvgIpc) is 3.74. The summed E-state index contributed by atoms with van der Waals surface area (Å²) in [5, 5.41) is 2.98. The quantitative estimate of drug-likeness (QED) is 0.416. The second kappa shape index (κ2) is 10.9. The third kappa shape index (κ3) is 5.89. The molecule has 0 bridgehead atoms. The number of morpholine rings is 1. The number of carbonyl (C=O) groups is 1. The van der Waals surface area contributed by atoms with Crippen LogP contribution in [0.25, 0.3) is 0 Å². The minimum Gasteiger partial charge on any atom is -0.379 e. The molecule has 1 amide bonds. The normalized spacial score (nSPS) is 17.9. The molecule has 3 N–H and O–H groups in total. The lowest BCUT2D eigenvalue weighted by Crippen LogP contribution is -2.38. The highest BCUT2D eigenvalue weighted by Crippen LogP contribution is 2.49. The minimum absolute atomic E-state index is 0.0200. The number of hydrogen-bond donors (Lipinski definition) is 2. The Labute approximate surface area is 224 Å². The van der Waals surface area contributed by atoms with E-state index in [1.807, 2.05) is 36.4 Å². The summed E-state index contributed by atoms with van der Waals surface area (Å²) in [4.78, 5) is 27.1. The van der Waals surface area contributed by atoms with Crippen LogP contribution in [0.5, 0.6) is 0 Å². The summed E-state index contributed by atoms with van der Waals surface area (Å²) in [5.41, 5.74) is 6.97. The standard InChI is InChI=1S/C28H31F3N6O2/c1-18(37-12-14-39-15-13-37)23-9-7-20(16-33-23)35-26-34-17-22(28(29,30)31)24(36-26)8-6-19-4-2-3-5-21(19)27(10-11-27)25(32)38/h2-5,7,9,16-18H,6,8,10-15H2,1H3,(H2,32,38)(H,34,35,36). The van der Waals surface area contributed by atoms with Gasteiger partial charge in [-0.05, 0) is 55.9 Å². The molecule has 0 radical (unpaired) electrons. The lowest BCUT2D eigenvalue weighted by molar-refractivity contribution is -0.138. The summed E-state index contributed by atoms with van der Waals surface area (Å²) < 4.78 is 46.8. The van der Waals surface area contributed by atoms with Gasteiger partial charge < -0.3 is 15.8 Å². The van der Waals surface area contributed by atoms with E-state index in [0.717, 1.165) is 36.1 Å². The van der Waals surface area contributed by atoms with Gasteiger partial charge in [-0.1, -0.05) is 24.3 Å². The van der Waals surface area contributed by atoms with E-state index in [4.69, 9.17) is 10.5 Å². The highest BCUT2D eigenvalue weighted by molar-refractivity contribution is 5.90. The molecule has 2 aromatic heterocycles. The second-order valence-corrected chi connectivity index (χ2v) is 10.1. The van der Waals surface area contributed by atoms with Crippen molar-refractivity contribution in [1.82, 2.24) is 19.9 Å². The first kappa shape index (κ1) is 27.0. The topological polar surface area (TPSA) is 106 Å². The van der Waals surface area contributed by atoms with E-state index in [9.17, 15) is 18.0 Å². The number of aryl methyl sites for hydroxylation is 2. The predicted molar refractivity (Wildman–Crippen MR) is 139 cm³/mol. The largest absolute Gasteiger partial charge is 0.419 e. The van der Waals surface area contributed by atoms with Gasteiger partial charge >= 0.3 is 6.18 Å². The molecule has 0 spiro atoms. The predicted octanol–water partition coefficient (Wildman–Crippen LogP) is 4.33. The molecule has 3 heterocycles. The van der Waals surface area contributed by atoms with E-state index in [1.54, 1.807) is 6.20 Å². The van der Waals surface area contributed by atoms with Gasteiger partial charge in [0.15, 0.2) is 0 Å². The Morgan fingerprint density at radius 3 is 2.49 bits per heavy atom. The zero-order valence-corrected chi connectivity index (χ0v) is 21.7. The monoisotopic (exact) mass is 540 g/mol. The van der Waals surface area contributed by atoms with Gasteiger partial charge in [-0.2, -0.15) is 13.2 Å². The first-order valence-electron chi connectivity index (χ1n) is 13.0. The van der Waals surface area contributed by atoms with E-state index >= 15 is 0 Å². The van der Waals surface area contributed by atoms with Gasteiger partial charge in [-0.25, -0.2) is 9.97 Å². The highest BCUT2D eigenvalue weighted by Gasteiger charge is 2.50. The number of primary amides is 1. The third-order valence-corrected chi connectivity index (χ3v) is 7.62. The van der Waals surface area contributed by atoms with E-state index < -0.39 is 23.1 Å². The van der Waals surface area contributed by atoms with E-state index in [0.29, 0.717) is 31.7 Å². The smallest absolute Gasteiger partial charge is 0.379 e. The SMILES string of the molecule is CC(c1ccc(Nc2ncc(C(F)(F)F)c(CCc3ccccc3C3(C(N)=O)CC3)n2)cn1)N1CCOCC1. The van der Waals surface area contributed by atoms with E-state index in [1.165, 1.54) is 0 Å². The van der Waals surface area contributed by atoms with Gasteiger partial charge in [-0.15, -0.1) is 0 Å². The number of pyridine rings is 1. The van der Waals surface area contributed by atoms with Crippen molar-refractivity contribution in [1.29, 1.82) is 0 Å². The molecule has 5 rings (SSSR count). The van der Waals surface area contributed by atoms with Crippen LogP contribution in [0.15, 0.2) is 48.8 Å². The van der Waals surface area contributed by atoms with Crippen LogP contribution in [-0.2, 0) is 34.0 Å². The zero-order valence-electron chi connectivity index (χ0n) is 21.7. The molecule has 1 unspecified atom stereocenters. The maximum Gasteiger partial charge on any atom is 0.419 e. The Hall–Kier alpha value is -3.57. The number of nitrogens with one attached hydrogen (secondary N) is 1. The van der Waals surface area contributed by atoms with Crippen molar-refractivity contribution >= 4 is 17.5 Å². The molecule has 2 fully saturated rings. The Kier molecular flexibility index (Phi) is 7.55. The van der Waals surface area contributed by atoms with Crippen molar-refractivity contribution in [3.63, 3.8) is 0 Å². The first-order chi connectivity index (χ1) is 18.7. The number of aromatic nitrogens is 3. The van der Waals surface area contributed by atoms with Gasteiger partial charge in [-0.3, -0.25) is 14.7 Å². The Morgan fingerprint density at radius 1 is 1.10 bits per heavy atom. The van der Waals surface area contributed by atoms with Crippen LogP contribution >= 0.6 is 0 Å². The summed E-state index contributed by atoms with van der Waals surface area (Å²) in [6, 6.07) is 11.1. The molecule has 2 aliphatic rings. The number of nitrogens with two attached hydrogens (primary N) is 1. The number of amides is 1. The molecule has 1 aliphatic heterocycles. The minimum atomic E-state index is -4.60. The number of anilines is 2. The molecule has 1 atom stereocenters. The van der Waals surface area contributed by atoms with Gasteiger partial charge in [0.05, 0.1) is 47.5 Å². The van der Waals surface area contributed by atoms with Gasteiger partial charge in [0.25, 0.3) is 0 Å². The first-order valence-corrected chi connectivity index (χ1v) is 13.0. The summed E-state index contributed by atoms with van der Waals surface area (Å²) in [6.45, 7) is 5.13. The van der Waals surface area contributed by atoms with Gasteiger partial charge in [0, 0.05) is 25.3 Å². The van der Waals surface area contributed by atoms with Crippen LogP contribution < -0.4 is 11.1 Å². The van der Waals surface area contributed by atoms with Crippen molar-refractivity contribution < 1.29 is 22.7 Å². The van der Waals surface area contributed by atoms with Crippen LogP contribution in [0.1, 0.15) is 53.9 Å². The molecule has 3 aromatic rings. The third-order valence-electron chi connectivity index (χ3n) is 7.62. The summed E-state index contributed by atoms with van der Waals surface area (Å²) in [7, 11) is 0. The molecule has 1 saturated carbocycles. The highest BCUT2D eigenvalue weighted by atomic mass is 19.4.